The molecule has 0 aromatic heterocycles. The molecule has 1 saturated heterocycles. The van der Waals surface area contributed by atoms with Crippen molar-refractivity contribution in [3.8, 4) is 0 Å². The predicted octanol–water partition coefficient (Wildman–Crippen LogP) is -0.386. The Balaban J connectivity index is 2.52. The van der Waals surface area contributed by atoms with Crippen LogP contribution in [0.5, 0.6) is 0 Å². The monoisotopic (exact) mass is 227 g/mol. The highest BCUT2D eigenvalue weighted by molar-refractivity contribution is 5.84. The molecule has 1 aliphatic rings. The lowest BCUT2D eigenvalue weighted by Crippen LogP contribution is -2.46. The van der Waals surface area contributed by atoms with E-state index >= 15 is 0 Å². The van der Waals surface area contributed by atoms with E-state index in [1.807, 2.05) is 0 Å². The van der Waals surface area contributed by atoms with Crippen molar-refractivity contribution in [2.75, 3.05) is 19.6 Å². The molecular weight excluding hydrogens is 206 g/mol. The van der Waals surface area contributed by atoms with Crippen molar-refractivity contribution in [2.24, 2.45) is 17.1 Å². The molecule has 4 N–H and O–H groups in total. The van der Waals surface area contributed by atoms with E-state index in [1.165, 1.54) is 0 Å². The normalized spacial score (nSPS) is 24.7. The van der Waals surface area contributed by atoms with Crippen molar-refractivity contribution in [1.82, 2.24) is 10.6 Å². The van der Waals surface area contributed by atoms with Crippen molar-refractivity contribution in [3.05, 3.63) is 0 Å². The molecule has 92 valence electrons. The number of carbonyl (C=O) groups excluding carboxylic acids is 2. The first-order valence-electron chi connectivity index (χ1n) is 5.76. The second kappa shape index (κ2) is 5.30. The summed E-state index contributed by atoms with van der Waals surface area (Å²) in [6.45, 7) is 6.04. The minimum Gasteiger partial charge on any atom is -0.370 e. The number of rotatable bonds is 5. The molecule has 0 radical (unpaired) electrons. The summed E-state index contributed by atoms with van der Waals surface area (Å²) in [6.07, 6.45) is 1.06. The molecule has 1 rings (SSSR count). The molecule has 0 spiro atoms. The van der Waals surface area contributed by atoms with E-state index in [0.717, 1.165) is 13.0 Å². The first kappa shape index (κ1) is 13.0. The molecular formula is C11H21N3O2. The van der Waals surface area contributed by atoms with Crippen LogP contribution in [-0.2, 0) is 9.59 Å². The Labute approximate surface area is 96.1 Å². The Kier molecular flexibility index (Phi) is 4.29. The molecule has 0 bridgehead atoms. The van der Waals surface area contributed by atoms with Crippen LogP contribution in [-0.4, -0.2) is 31.4 Å². The molecule has 0 aliphatic carbocycles. The van der Waals surface area contributed by atoms with E-state index in [-0.39, 0.29) is 29.6 Å². The van der Waals surface area contributed by atoms with Crippen LogP contribution in [0.3, 0.4) is 0 Å². The van der Waals surface area contributed by atoms with Crippen LogP contribution in [0, 0.1) is 11.3 Å². The first-order chi connectivity index (χ1) is 7.49. The zero-order valence-corrected chi connectivity index (χ0v) is 10.0. The van der Waals surface area contributed by atoms with Gasteiger partial charge in [0.15, 0.2) is 0 Å². The van der Waals surface area contributed by atoms with Crippen molar-refractivity contribution in [3.63, 3.8) is 0 Å². The van der Waals surface area contributed by atoms with E-state index in [0.29, 0.717) is 13.1 Å². The number of nitrogens with one attached hydrogen (secondary N) is 2. The third kappa shape index (κ3) is 2.72. The molecule has 1 heterocycles. The number of carbonyl (C=O) groups is 2. The maximum Gasteiger partial charge on any atom is 0.227 e. The molecule has 1 fully saturated rings. The number of hydrogen-bond acceptors (Lipinski definition) is 3. The van der Waals surface area contributed by atoms with Gasteiger partial charge >= 0.3 is 0 Å². The Morgan fingerprint density at radius 3 is 2.62 bits per heavy atom. The summed E-state index contributed by atoms with van der Waals surface area (Å²) in [5.41, 5.74) is 4.70. The molecule has 5 heteroatoms. The SMILES string of the molecule is CC(C)C1(C(=O)NCCC(N)=O)CCNC1. The topological polar surface area (TPSA) is 84.2 Å². The highest BCUT2D eigenvalue weighted by Crippen LogP contribution is 2.34. The summed E-state index contributed by atoms with van der Waals surface area (Å²) < 4.78 is 0. The summed E-state index contributed by atoms with van der Waals surface area (Å²) in [7, 11) is 0. The largest absolute Gasteiger partial charge is 0.370 e. The molecule has 0 aromatic rings. The van der Waals surface area contributed by atoms with Gasteiger partial charge in [-0.05, 0) is 18.9 Å². The predicted molar refractivity (Wildman–Crippen MR) is 61.6 cm³/mol. The van der Waals surface area contributed by atoms with Crippen LogP contribution in [0.15, 0.2) is 0 Å². The van der Waals surface area contributed by atoms with Gasteiger partial charge in [0, 0.05) is 19.5 Å². The van der Waals surface area contributed by atoms with Crippen molar-refractivity contribution < 1.29 is 9.59 Å². The lowest BCUT2D eigenvalue weighted by molar-refractivity contribution is -0.132. The minimum atomic E-state index is -0.386. The van der Waals surface area contributed by atoms with Crippen LogP contribution in [0.25, 0.3) is 0 Å². The van der Waals surface area contributed by atoms with Gasteiger partial charge < -0.3 is 16.4 Å². The summed E-state index contributed by atoms with van der Waals surface area (Å²) in [5.74, 6) is -0.0618. The minimum absolute atomic E-state index is 0.0359. The number of primary amides is 1. The summed E-state index contributed by atoms with van der Waals surface area (Å²) in [5, 5.41) is 6.02. The van der Waals surface area contributed by atoms with Gasteiger partial charge in [-0.15, -0.1) is 0 Å². The fraction of sp³-hybridized carbons (Fsp3) is 0.818. The lowest BCUT2D eigenvalue weighted by atomic mass is 9.75. The quantitative estimate of drug-likeness (QED) is 0.598. The van der Waals surface area contributed by atoms with E-state index < -0.39 is 0 Å². The van der Waals surface area contributed by atoms with Gasteiger partial charge in [0.1, 0.15) is 0 Å². The highest BCUT2D eigenvalue weighted by Gasteiger charge is 2.43. The fourth-order valence-electron chi connectivity index (χ4n) is 2.14. The standard InChI is InChI=1S/C11H21N3O2/c1-8(2)11(4-6-13-7-11)10(16)14-5-3-9(12)15/h8,13H,3-7H2,1-2H3,(H2,12,15)(H,14,16). The Hall–Kier alpha value is -1.10. The zero-order valence-electron chi connectivity index (χ0n) is 10.0. The molecule has 2 amide bonds. The third-order valence-corrected chi connectivity index (χ3v) is 3.40. The summed E-state index contributed by atoms with van der Waals surface area (Å²) >= 11 is 0. The van der Waals surface area contributed by atoms with Crippen molar-refractivity contribution >= 4 is 11.8 Å². The van der Waals surface area contributed by atoms with Crippen LogP contribution in [0.4, 0.5) is 0 Å². The van der Waals surface area contributed by atoms with Crippen LogP contribution in [0.2, 0.25) is 0 Å². The average molecular weight is 227 g/mol. The van der Waals surface area contributed by atoms with Crippen molar-refractivity contribution in [1.29, 1.82) is 0 Å². The number of amides is 2. The van der Waals surface area contributed by atoms with Gasteiger partial charge in [-0.3, -0.25) is 9.59 Å². The summed E-state index contributed by atoms with van der Waals surface area (Å²) in [4.78, 5) is 22.7. The third-order valence-electron chi connectivity index (χ3n) is 3.40. The van der Waals surface area contributed by atoms with Gasteiger partial charge in [-0.2, -0.15) is 0 Å². The fourth-order valence-corrected chi connectivity index (χ4v) is 2.14. The van der Waals surface area contributed by atoms with Crippen LogP contribution >= 0.6 is 0 Å². The second-order valence-electron chi connectivity index (χ2n) is 4.71. The Morgan fingerprint density at radius 2 is 2.19 bits per heavy atom. The van der Waals surface area contributed by atoms with E-state index in [9.17, 15) is 9.59 Å². The molecule has 0 saturated carbocycles. The first-order valence-corrected chi connectivity index (χ1v) is 5.76. The second-order valence-corrected chi connectivity index (χ2v) is 4.71. The van der Waals surface area contributed by atoms with E-state index in [1.54, 1.807) is 0 Å². The maximum absolute atomic E-state index is 12.1. The van der Waals surface area contributed by atoms with E-state index in [4.69, 9.17) is 5.73 Å². The molecule has 1 atom stereocenters. The van der Waals surface area contributed by atoms with E-state index in [2.05, 4.69) is 24.5 Å². The molecule has 1 unspecified atom stereocenters. The molecule has 16 heavy (non-hydrogen) atoms. The van der Waals surface area contributed by atoms with Gasteiger partial charge in [0.2, 0.25) is 11.8 Å². The van der Waals surface area contributed by atoms with Gasteiger partial charge in [0.25, 0.3) is 0 Å². The highest BCUT2D eigenvalue weighted by atomic mass is 16.2. The maximum atomic E-state index is 12.1. The van der Waals surface area contributed by atoms with Gasteiger partial charge in [0.05, 0.1) is 5.41 Å². The zero-order chi connectivity index (χ0) is 12.2. The van der Waals surface area contributed by atoms with Crippen LogP contribution in [0.1, 0.15) is 26.7 Å². The molecule has 1 aliphatic heterocycles. The lowest BCUT2D eigenvalue weighted by Gasteiger charge is -2.31. The number of nitrogens with two attached hydrogens (primary N) is 1. The summed E-state index contributed by atoms with van der Waals surface area (Å²) in [6, 6.07) is 0. The average Bonchev–Trinajstić information content (AvgIpc) is 2.66. The Bertz CT molecular complexity index is 270. The molecule has 0 aromatic carbocycles. The molecule has 5 nitrogen and oxygen atoms in total. The van der Waals surface area contributed by atoms with Gasteiger partial charge in [-0.25, -0.2) is 0 Å². The number of hydrogen-bond donors (Lipinski definition) is 3. The Morgan fingerprint density at radius 1 is 1.50 bits per heavy atom. The van der Waals surface area contributed by atoms with Crippen LogP contribution < -0.4 is 16.4 Å². The van der Waals surface area contributed by atoms with Crippen molar-refractivity contribution in [2.45, 2.75) is 26.7 Å². The van der Waals surface area contributed by atoms with Gasteiger partial charge in [-0.1, -0.05) is 13.8 Å². The smallest absolute Gasteiger partial charge is 0.227 e.